The lowest BCUT2D eigenvalue weighted by Gasteiger charge is -2.43. The van der Waals surface area contributed by atoms with Gasteiger partial charge in [0.1, 0.15) is 6.54 Å². The number of imide groups is 1. The molecule has 11 heteroatoms. The van der Waals surface area contributed by atoms with Crippen LogP contribution in [0.2, 0.25) is 0 Å². The number of aromatic hydroxyl groups is 1. The van der Waals surface area contributed by atoms with Gasteiger partial charge < -0.3 is 19.6 Å². The number of aromatic amines is 1. The Labute approximate surface area is 208 Å². The lowest BCUT2D eigenvalue weighted by atomic mass is 9.68. The van der Waals surface area contributed by atoms with Gasteiger partial charge in [0, 0.05) is 16.0 Å². The van der Waals surface area contributed by atoms with Gasteiger partial charge in [-0.2, -0.15) is 0 Å². The highest BCUT2D eigenvalue weighted by Gasteiger charge is 2.69. The summed E-state index contributed by atoms with van der Waals surface area (Å²) in [7, 11) is 1.49. The lowest BCUT2D eigenvalue weighted by Crippen LogP contribution is -2.42. The molecule has 2 aliphatic carbocycles. The Balaban J connectivity index is 1.41. The number of nitrogens with one attached hydrogen (secondary N) is 1. The van der Waals surface area contributed by atoms with E-state index in [0.29, 0.717) is 5.75 Å². The third kappa shape index (κ3) is 3.20. The van der Waals surface area contributed by atoms with Crippen molar-refractivity contribution in [2.45, 2.75) is 29.5 Å². The molecular formula is C24H24N2O7S2. The van der Waals surface area contributed by atoms with E-state index in [-0.39, 0.29) is 64.5 Å². The van der Waals surface area contributed by atoms with E-state index >= 15 is 0 Å². The zero-order chi connectivity index (χ0) is 24.6. The molecule has 2 amide bonds. The van der Waals surface area contributed by atoms with Crippen molar-refractivity contribution in [3.63, 3.8) is 0 Å². The number of fused-ring (bicyclic) bond motifs is 9. The number of H-pyrrole nitrogens is 1. The molecule has 4 aliphatic rings. The summed E-state index contributed by atoms with van der Waals surface area (Å²) in [6.45, 7) is 1.52. The molecule has 2 aliphatic heterocycles. The number of hydrogen-bond donors (Lipinski definition) is 2. The highest BCUT2D eigenvalue weighted by molar-refractivity contribution is 8.00. The second-order valence-corrected chi connectivity index (χ2v) is 11.7. The second kappa shape index (κ2) is 8.12. The summed E-state index contributed by atoms with van der Waals surface area (Å²) in [6.07, 6.45) is 0.757. The summed E-state index contributed by atoms with van der Waals surface area (Å²) in [5.41, 5.74) is 0.899. The summed E-state index contributed by atoms with van der Waals surface area (Å²) in [5.74, 6) is -1.93. The summed E-state index contributed by atoms with van der Waals surface area (Å²) in [5, 5.41) is 11.0. The van der Waals surface area contributed by atoms with Gasteiger partial charge in [0.2, 0.25) is 11.8 Å². The number of methoxy groups -OCH3 is 1. The maximum Gasteiger partial charge on any atom is 0.326 e. The van der Waals surface area contributed by atoms with E-state index < -0.39 is 17.8 Å². The van der Waals surface area contributed by atoms with E-state index in [1.54, 1.807) is 30.8 Å². The van der Waals surface area contributed by atoms with Crippen molar-refractivity contribution >= 4 is 40.9 Å². The number of aromatic nitrogens is 1. The third-order valence-corrected chi connectivity index (χ3v) is 10.6. The molecule has 1 saturated heterocycles. The molecule has 6 rings (SSSR count). The fourth-order valence-corrected chi connectivity index (χ4v) is 9.72. The first-order chi connectivity index (χ1) is 16.8. The number of benzene rings is 1. The van der Waals surface area contributed by atoms with Gasteiger partial charge in [0.25, 0.3) is 0 Å². The van der Waals surface area contributed by atoms with Crippen LogP contribution in [0.15, 0.2) is 28.0 Å². The fraction of sp³-hybridized carbons (Fsp3) is 0.500. The molecule has 184 valence electrons. The minimum Gasteiger partial charge on any atom is -0.504 e. The zero-order valence-electron chi connectivity index (χ0n) is 19.1. The van der Waals surface area contributed by atoms with Gasteiger partial charge in [-0.05, 0) is 48.8 Å². The molecule has 7 unspecified atom stereocenters. The standard InChI is InChI=1S/C24H24N2O7S2/c1-3-33-14(28)8-26-22(29)17-10-7-11(18(17)23(26)30)19-16(10)15(20-21(34-19)25-24(31)35-20)9-4-5-12(27)13(6-9)32-2/h4-6,10-11,15-19,27H,3,7-8H2,1-2H3,(H,25,31). The Morgan fingerprint density at radius 3 is 2.66 bits per heavy atom. The van der Waals surface area contributed by atoms with E-state index in [1.165, 1.54) is 18.4 Å². The molecule has 2 bridgehead atoms. The van der Waals surface area contributed by atoms with Crippen LogP contribution in [0.5, 0.6) is 11.5 Å². The average molecular weight is 517 g/mol. The van der Waals surface area contributed by atoms with E-state index in [9.17, 15) is 24.3 Å². The van der Waals surface area contributed by atoms with Gasteiger partial charge in [-0.3, -0.25) is 24.1 Å². The van der Waals surface area contributed by atoms with Gasteiger partial charge in [-0.15, -0.1) is 11.8 Å². The number of esters is 1. The molecule has 0 spiro atoms. The van der Waals surface area contributed by atoms with Crippen LogP contribution in [0.25, 0.3) is 0 Å². The van der Waals surface area contributed by atoms with E-state index in [2.05, 4.69) is 4.98 Å². The van der Waals surface area contributed by atoms with Crippen LogP contribution in [0.3, 0.4) is 0 Å². The summed E-state index contributed by atoms with van der Waals surface area (Å²) in [4.78, 5) is 56.0. The first-order valence-corrected chi connectivity index (χ1v) is 13.3. The van der Waals surface area contributed by atoms with Gasteiger partial charge >= 0.3 is 10.8 Å². The minimum atomic E-state index is -0.581. The fourth-order valence-electron chi connectivity index (χ4n) is 6.83. The average Bonchev–Trinajstić information content (AvgIpc) is 3.55. The second-order valence-electron chi connectivity index (χ2n) is 9.46. The monoisotopic (exact) mass is 516 g/mol. The number of thiazole rings is 1. The Hall–Kier alpha value is -2.79. The molecule has 1 aromatic heterocycles. The number of likely N-dealkylation sites (tertiary alicyclic amines) is 1. The van der Waals surface area contributed by atoms with Crippen LogP contribution in [0.4, 0.5) is 0 Å². The molecule has 3 fully saturated rings. The van der Waals surface area contributed by atoms with Crippen molar-refractivity contribution in [1.82, 2.24) is 9.88 Å². The number of rotatable bonds is 5. The summed E-state index contributed by atoms with van der Waals surface area (Å²) < 4.78 is 10.3. The molecule has 3 heterocycles. The zero-order valence-corrected chi connectivity index (χ0v) is 20.7. The van der Waals surface area contributed by atoms with E-state index in [1.807, 2.05) is 6.07 Å². The Morgan fingerprint density at radius 1 is 1.20 bits per heavy atom. The molecule has 2 saturated carbocycles. The quantitative estimate of drug-likeness (QED) is 0.458. The normalized spacial score (nSPS) is 32.4. The Morgan fingerprint density at radius 2 is 1.94 bits per heavy atom. The number of hydrogen-bond acceptors (Lipinski definition) is 9. The van der Waals surface area contributed by atoms with E-state index in [0.717, 1.165) is 26.8 Å². The van der Waals surface area contributed by atoms with Crippen molar-refractivity contribution < 1.29 is 29.0 Å². The molecule has 7 atom stereocenters. The lowest BCUT2D eigenvalue weighted by molar-refractivity contribution is -0.153. The number of phenolic OH excluding ortho intramolecular Hbond substituents is 1. The number of ether oxygens (including phenoxy) is 2. The largest absolute Gasteiger partial charge is 0.504 e. The predicted octanol–water partition coefficient (Wildman–Crippen LogP) is 2.19. The molecular weight excluding hydrogens is 492 g/mol. The highest BCUT2D eigenvalue weighted by Crippen LogP contribution is 2.68. The van der Waals surface area contributed by atoms with E-state index in [4.69, 9.17) is 9.47 Å². The first-order valence-electron chi connectivity index (χ1n) is 11.6. The van der Waals surface area contributed by atoms with Crippen molar-refractivity contribution in [3.8, 4) is 11.5 Å². The minimum absolute atomic E-state index is 0.0262. The first kappa shape index (κ1) is 22.7. The van der Waals surface area contributed by atoms with Crippen LogP contribution in [0.1, 0.15) is 29.7 Å². The van der Waals surface area contributed by atoms with Crippen molar-refractivity contribution in [2.24, 2.45) is 29.6 Å². The molecule has 9 nitrogen and oxygen atoms in total. The number of thioether (sulfide) groups is 1. The molecule has 2 N–H and O–H groups in total. The maximum absolute atomic E-state index is 13.4. The van der Waals surface area contributed by atoms with Crippen LogP contribution >= 0.6 is 23.1 Å². The van der Waals surface area contributed by atoms with Crippen molar-refractivity contribution in [2.75, 3.05) is 20.3 Å². The number of carbonyl (C=O) groups excluding carboxylic acids is 3. The van der Waals surface area contributed by atoms with Crippen molar-refractivity contribution in [1.29, 1.82) is 0 Å². The van der Waals surface area contributed by atoms with Crippen LogP contribution in [-0.4, -0.2) is 58.3 Å². The van der Waals surface area contributed by atoms with Gasteiger partial charge in [0.15, 0.2) is 11.5 Å². The number of phenols is 1. The summed E-state index contributed by atoms with van der Waals surface area (Å²) in [6, 6.07) is 5.21. The van der Waals surface area contributed by atoms with Crippen LogP contribution < -0.4 is 9.61 Å². The Kier molecular flexibility index (Phi) is 5.26. The van der Waals surface area contributed by atoms with Gasteiger partial charge in [-0.25, -0.2) is 0 Å². The predicted molar refractivity (Wildman–Crippen MR) is 127 cm³/mol. The van der Waals surface area contributed by atoms with Crippen LogP contribution in [-0.2, 0) is 19.1 Å². The van der Waals surface area contributed by atoms with Gasteiger partial charge in [0.05, 0.1) is 30.6 Å². The van der Waals surface area contributed by atoms with Gasteiger partial charge in [-0.1, -0.05) is 17.4 Å². The molecule has 2 aromatic rings. The highest BCUT2D eigenvalue weighted by atomic mass is 32.2. The third-order valence-electron chi connectivity index (χ3n) is 7.97. The maximum atomic E-state index is 13.4. The number of nitrogens with zero attached hydrogens (tertiary/aromatic N) is 1. The molecule has 0 radical (unpaired) electrons. The summed E-state index contributed by atoms with van der Waals surface area (Å²) >= 11 is 2.77. The topological polar surface area (TPSA) is 126 Å². The van der Waals surface area contributed by atoms with Crippen molar-refractivity contribution in [3.05, 3.63) is 38.3 Å². The number of carbonyl (C=O) groups is 3. The molecule has 1 aromatic carbocycles. The SMILES string of the molecule is CCOC(=O)CN1C(=O)C2C3CC(C2C1=O)C1C(c2ccc(O)c(OC)c2)c2sc(=O)[nH]c2SC31. The number of amides is 2. The molecule has 35 heavy (non-hydrogen) atoms. The smallest absolute Gasteiger partial charge is 0.326 e. The Bertz CT molecular complexity index is 1300. The van der Waals surface area contributed by atoms with Crippen LogP contribution in [0, 0.1) is 29.6 Å².